The number of carboxylic acids is 1. The number of phenolic OH excluding ortho intramolecular Hbond substituents is 1. The molecule has 7 rings (SSSR count). The van der Waals surface area contributed by atoms with Gasteiger partial charge in [-0.25, -0.2) is 27.6 Å². The van der Waals surface area contributed by atoms with Crippen LogP contribution in [0, 0.1) is 5.92 Å². The van der Waals surface area contributed by atoms with Gasteiger partial charge in [0.25, 0.3) is 0 Å². The number of hydrogen-bond donors (Lipinski definition) is 3. The number of carbonyl (C=O) groups excluding carboxylic acids is 2. The number of allylic oxidation sites excluding steroid dienone is 2. The first-order chi connectivity index (χ1) is 32.3. The van der Waals surface area contributed by atoms with Crippen molar-refractivity contribution >= 4 is 23.5 Å². The molecule has 0 amide bonds. The summed E-state index contributed by atoms with van der Waals surface area (Å²) in [6, 6.07) is 31.3. The molecule has 69 heavy (non-hydrogen) atoms. The lowest BCUT2D eigenvalue weighted by Gasteiger charge is -2.31. The van der Waals surface area contributed by atoms with Crippen molar-refractivity contribution in [3.63, 3.8) is 0 Å². The van der Waals surface area contributed by atoms with Crippen LogP contribution in [-0.4, -0.2) is 57.8 Å². The van der Waals surface area contributed by atoms with Crippen LogP contribution in [0.25, 0.3) is 5.57 Å². The van der Waals surface area contributed by atoms with E-state index in [1.165, 1.54) is 6.92 Å². The van der Waals surface area contributed by atoms with Crippen LogP contribution < -0.4 is 9.47 Å². The maximum absolute atomic E-state index is 14.5. The normalized spacial score (nSPS) is 21.6. The second-order valence-electron chi connectivity index (χ2n) is 17.8. The summed E-state index contributed by atoms with van der Waals surface area (Å²) in [6.07, 6.45) is 2.42. The number of aliphatic hydroxyl groups excluding tert-OH is 1. The summed E-state index contributed by atoms with van der Waals surface area (Å²) in [6.45, 7) is 17.5. The van der Waals surface area contributed by atoms with Crippen molar-refractivity contribution < 1.29 is 57.1 Å². The lowest BCUT2D eigenvalue weighted by molar-refractivity contribution is -0.146. The SMILES string of the molecule is C.C=C(C)C(=O)O.C=C(C)C(=O)Oc1ccc(C2CCC(OC(=O)C(=C)C)CC2F)cc1.CC1CCC(c2ccc(OCc3ccccc3)cc2)=C(F)C1.Oc1ccc(C2CCC(O)CC2F)cc1. The van der Waals surface area contributed by atoms with Gasteiger partial charge in [-0.3, -0.25) is 0 Å². The fourth-order valence-corrected chi connectivity index (χ4v) is 7.83. The van der Waals surface area contributed by atoms with Gasteiger partial charge >= 0.3 is 17.9 Å². The third-order valence-corrected chi connectivity index (χ3v) is 11.8. The van der Waals surface area contributed by atoms with Crippen LogP contribution in [0.3, 0.4) is 0 Å². The molecule has 12 heteroatoms. The number of phenols is 1. The average molecular weight is 955 g/mol. The largest absolute Gasteiger partial charge is 0.508 e. The zero-order valence-electron chi connectivity index (χ0n) is 39.5. The Morgan fingerprint density at radius 3 is 1.71 bits per heavy atom. The number of benzene rings is 4. The fourth-order valence-electron chi connectivity index (χ4n) is 7.83. The van der Waals surface area contributed by atoms with Gasteiger partial charge in [-0.05, 0) is 129 Å². The summed E-state index contributed by atoms with van der Waals surface area (Å²) >= 11 is 0. The van der Waals surface area contributed by atoms with Crippen molar-refractivity contribution in [2.45, 2.75) is 136 Å². The topological polar surface area (TPSA) is 140 Å². The predicted octanol–water partition coefficient (Wildman–Crippen LogP) is 13.7. The maximum atomic E-state index is 14.5. The Balaban J connectivity index is 0.000000262. The first kappa shape index (κ1) is 56.9. The second-order valence-corrected chi connectivity index (χ2v) is 17.8. The van der Waals surface area contributed by atoms with Gasteiger partial charge in [0, 0.05) is 47.8 Å². The number of carboxylic acid groups (broad SMARTS) is 1. The molecule has 3 aliphatic rings. The van der Waals surface area contributed by atoms with E-state index in [9.17, 15) is 32.7 Å². The Morgan fingerprint density at radius 1 is 0.681 bits per heavy atom. The summed E-state index contributed by atoms with van der Waals surface area (Å²) in [7, 11) is 0. The average Bonchev–Trinajstić information content (AvgIpc) is 3.30. The van der Waals surface area contributed by atoms with Crippen molar-refractivity contribution in [1.29, 1.82) is 0 Å². The molecule has 3 aliphatic carbocycles. The Bertz CT molecular complexity index is 2310. The molecule has 0 spiro atoms. The molecule has 9 nitrogen and oxygen atoms in total. The number of aliphatic hydroxyl groups is 1. The van der Waals surface area contributed by atoms with Crippen molar-refractivity contribution in [3.8, 4) is 17.2 Å². The molecule has 4 aromatic rings. The minimum Gasteiger partial charge on any atom is -0.508 e. The molecule has 0 aromatic heterocycles. The molecular weight excluding hydrogens is 886 g/mol. The zero-order chi connectivity index (χ0) is 49.9. The predicted molar refractivity (Wildman–Crippen MR) is 266 cm³/mol. The van der Waals surface area contributed by atoms with Gasteiger partial charge in [-0.1, -0.05) is 101 Å². The first-order valence-corrected chi connectivity index (χ1v) is 22.9. The fraction of sp³-hybridized carbons (Fsp3) is 0.386. The molecule has 0 saturated heterocycles. The highest BCUT2D eigenvalue weighted by atomic mass is 19.1. The summed E-state index contributed by atoms with van der Waals surface area (Å²) in [5, 5.41) is 26.3. The van der Waals surface area contributed by atoms with Gasteiger partial charge in [-0.2, -0.15) is 0 Å². The number of aliphatic carboxylic acids is 1. The van der Waals surface area contributed by atoms with Crippen LogP contribution in [-0.2, 0) is 25.7 Å². The smallest absolute Gasteiger partial charge is 0.338 e. The number of aromatic hydroxyl groups is 1. The van der Waals surface area contributed by atoms with Crippen LogP contribution in [0.15, 0.2) is 145 Å². The van der Waals surface area contributed by atoms with Gasteiger partial charge in [0.1, 0.15) is 48.1 Å². The van der Waals surface area contributed by atoms with E-state index in [0.29, 0.717) is 61.5 Å². The molecule has 4 aromatic carbocycles. The number of alkyl halides is 2. The molecule has 0 heterocycles. The van der Waals surface area contributed by atoms with E-state index in [-0.39, 0.29) is 49.3 Å². The Labute approximate surface area is 406 Å². The van der Waals surface area contributed by atoms with E-state index < -0.39 is 42.5 Å². The zero-order valence-corrected chi connectivity index (χ0v) is 39.5. The van der Waals surface area contributed by atoms with E-state index in [0.717, 1.165) is 46.4 Å². The Kier molecular flexibility index (Phi) is 23.2. The van der Waals surface area contributed by atoms with Crippen molar-refractivity contribution in [3.05, 3.63) is 168 Å². The highest BCUT2D eigenvalue weighted by Gasteiger charge is 2.34. The minimum absolute atomic E-state index is 0. The van der Waals surface area contributed by atoms with Gasteiger partial charge in [0.15, 0.2) is 0 Å². The Hall–Kier alpha value is -6.40. The molecule has 7 unspecified atom stereocenters. The van der Waals surface area contributed by atoms with E-state index in [2.05, 4.69) is 26.7 Å². The van der Waals surface area contributed by atoms with Crippen molar-refractivity contribution in [1.82, 2.24) is 0 Å². The monoisotopic (exact) mass is 954 g/mol. The van der Waals surface area contributed by atoms with Crippen LogP contribution in [0.5, 0.6) is 17.2 Å². The highest BCUT2D eigenvalue weighted by Crippen LogP contribution is 2.39. The van der Waals surface area contributed by atoms with E-state index >= 15 is 0 Å². The molecule has 2 saturated carbocycles. The number of ether oxygens (including phenoxy) is 3. The van der Waals surface area contributed by atoms with Crippen molar-refractivity contribution in [2.24, 2.45) is 5.92 Å². The van der Waals surface area contributed by atoms with Gasteiger partial charge in [0.2, 0.25) is 0 Å². The van der Waals surface area contributed by atoms with Gasteiger partial charge < -0.3 is 29.5 Å². The third-order valence-electron chi connectivity index (χ3n) is 11.8. The van der Waals surface area contributed by atoms with E-state index in [1.807, 2.05) is 54.6 Å². The number of rotatable bonds is 11. The molecular formula is C57H69F3O9. The van der Waals surface area contributed by atoms with Crippen LogP contribution in [0.4, 0.5) is 13.2 Å². The van der Waals surface area contributed by atoms with Crippen LogP contribution >= 0.6 is 0 Å². The summed E-state index contributed by atoms with van der Waals surface area (Å²) in [5.41, 5.74) is 5.55. The molecule has 0 radical (unpaired) electrons. The lowest BCUT2D eigenvalue weighted by Crippen LogP contribution is -2.31. The summed E-state index contributed by atoms with van der Waals surface area (Å²) in [4.78, 5) is 32.6. The van der Waals surface area contributed by atoms with Crippen LogP contribution in [0.1, 0.15) is 127 Å². The van der Waals surface area contributed by atoms with E-state index in [1.54, 1.807) is 62.4 Å². The first-order valence-electron chi connectivity index (χ1n) is 22.9. The quantitative estimate of drug-likeness (QED) is 0.0761. The van der Waals surface area contributed by atoms with Gasteiger partial charge in [-0.15, -0.1) is 0 Å². The molecule has 0 bridgehead atoms. The van der Waals surface area contributed by atoms with E-state index in [4.69, 9.17) is 24.4 Å². The molecule has 372 valence electrons. The number of halogens is 3. The van der Waals surface area contributed by atoms with Gasteiger partial charge in [0.05, 0.1) is 6.10 Å². The van der Waals surface area contributed by atoms with Crippen molar-refractivity contribution in [2.75, 3.05) is 0 Å². The molecule has 7 atom stereocenters. The molecule has 2 fully saturated rings. The lowest BCUT2D eigenvalue weighted by atomic mass is 9.81. The number of esters is 2. The number of carbonyl (C=O) groups is 3. The highest BCUT2D eigenvalue weighted by molar-refractivity contribution is 5.89. The van der Waals surface area contributed by atoms with Crippen LogP contribution in [0.2, 0.25) is 0 Å². The minimum atomic E-state index is -1.10. The second kappa shape index (κ2) is 28.2. The molecule has 3 N–H and O–H groups in total. The standard InChI is InChI=1S/C20H23FO4.C20H21FO.C12H15FO2.C4H6O2.CH4/c1-12(2)19(22)24-15-7-5-14(6-8-15)17-10-9-16(11-18(17)21)25-20(23)13(3)4;1-15-7-12-19(20(21)13-15)17-8-10-18(11-9-17)22-14-16-5-3-2-4-6-16;13-12-7-10(15)5-6-11(12)8-1-3-9(14)4-2-8;1-3(2)4(5)6;/h5-8,16-18H,1,3,9-11H2,2,4H3;2-6,8-11,15H,7,12-14H2,1H3;1-4,10-12,14-15H,5-7H2;1H2,2H3,(H,5,6);1H4. The Morgan fingerprint density at radius 2 is 1.20 bits per heavy atom. The molecule has 0 aliphatic heterocycles. The third kappa shape index (κ3) is 18.9. The number of hydrogen-bond acceptors (Lipinski definition) is 8. The maximum Gasteiger partial charge on any atom is 0.338 e. The summed E-state index contributed by atoms with van der Waals surface area (Å²) < 4.78 is 58.5. The summed E-state index contributed by atoms with van der Waals surface area (Å²) in [5.74, 6) is -0.363.